The van der Waals surface area contributed by atoms with E-state index in [1.54, 1.807) is 6.33 Å². The first-order valence-corrected chi connectivity index (χ1v) is 8.59. The van der Waals surface area contributed by atoms with E-state index in [4.69, 9.17) is 14.2 Å². The van der Waals surface area contributed by atoms with Gasteiger partial charge in [-0.25, -0.2) is 9.97 Å². The molecule has 1 aliphatic rings. The topological polar surface area (TPSA) is 68.7 Å². The minimum absolute atomic E-state index is 0.547. The van der Waals surface area contributed by atoms with E-state index < -0.39 is 0 Å². The molecule has 7 nitrogen and oxygen atoms in total. The molecule has 134 valence electrons. The predicted molar refractivity (Wildman–Crippen MR) is 96.7 cm³/mol. The molecule has 1 saturated heterocycles. The molecular formula is C18H24N4O3. The zero-order chi connectivity index (χ0) is 17.3. The van der Waals surface area contributed by atoms with E-state index in [9.17, 15) is 0 Å². The van der Waals surface area contributed by atoms with Gasteiger partial charge in [0.05, 0.1) is 26.4 Å². The highest BCUT2D eigenvalue weighted by molar-refractivity contribution is 5.48. The van der Waals surface area contributed by atoms with Crippen LogP contribution in [0.2, 0.25) is 0 Å². The smallest absolute Gasteiger partial charge is 0.134 e. The lowest BCUT2D eigenvalue weighted by atomic mass is 10.3. The lowest BCUT2D eigenvalue weighted by Crippen LogP contribution is -2.36. The van der Waals surface area contributed by atoms with Crippen LogP contribution in [-0.4, -0.2) is 56.0 Å². The zero-order valence-corrected chi connectivity index (χ0v) is 14.5. The van der Waals surface area contributed by atoms with E-state index in [-0.39, 0.29) is 0 Å². The Morgan fingerprint density at radius 1 is 1.08 bits per heavy atom. The highest BCUT2D eigenvalue weighted by atomic mass is 16.5. The monoisotopic (exact) mass is 344 g/mol. The maximum Gasteiger partial charge on any atom is 0.134 e. The third-order valence-corrected chi connectivity index (χ3v) is 3.80. The van der Waals surface area contributed by atoms with Crippen molar-refractivity contribution in [3.8, 4) is 11.5 Å². The molecule has 7 heteroatoms. The van der Waals surface area contributed by atoms with Gasteiger partial charge in [0.2, 0.25) is 0 Å². The molecule has 1 aliphatic heterocycles. The molecule has 1 aromatic heterocycles. The molecular weight excluding hydrogens is 320 g/mol. The molecule has 1 aromatic carbocycles. The number of anilines is 2. The Morgan fingerprint density at radius 2 is 1.80 bits per heavy atom. The lowest BCUT2D eigenvalue weighted by Gasteiger charge is -2.27. The first-order valence-electron chi connectivity index (χ1n) is 8.59. The number of benzene rings is 1. The van der Waals surface area contributed by atoms with Gasteiger partial charge in [-0.2, -0.15) is 0 Å². The third kappa shape index (κ3) is 5.22. The summed E-state index contributed by atoms with van der Waals surface area (Å²) in [7, 11) is 0. The molecule has 1 fully saturated rings. The Hall–Kier alpha value is -2.54. The van der Waals surface area contributed by atoms with Crippen molar-refractivity contribution in [2.45, 2.75) is 6.92 Å². The number of nitrogens with one attached hydrogen (secondary N) is 1. The molecule has 2 aromatic rings. The number of rotatable bonds is 8. The Bertz CT molecular complexity index is 645. The van der Waals surface area contributed by atoms with Crippen molar-refractivity contribution in [2.24, 2.45) is 0 Å². The highest BCUT2D eigenvalue weighted by Gasteiger charge is 2.12. The van der Waals surface area contributed by atoms with Crippen molar-refractivity contribution in [3.63, 3.8) is 0 Å². The molecule has 1 N–H and O–H groups in total. The van der Waals surface area contributed by atoms with Crippen molar-refractivity contribution < 1.29 is 14.2 Å². The minimum Gasteiger partial charge on any atom is -0.494 e. The maximum atomic E-state index is 5.72. The predicted octanol–water partition coefficient (Wildman–Crippen LogP) is 2.20. The van der Waals surface area contributed by atoms with E-state index in [1.807, 2.05) is 37.3 Å². The number of morpholine rings is 1. The van der Waals surface area contributed by atoms with Crippen molar-refractivity contribution in [1.82, 2.24) is 9.97 Å². The number of hydrogen-bond donors (Lipinski definition) is 1. The Labute approximate surface area is 147 Å². The van der Waals surface area contributed by atoms with Crippen LogP contribution in [0, 0.1) is 0 Å². The minimum atomic E-state index is 0.547. The summed E-state index contributed by atoms with van der Waals surface area (Å²) < 4.78 is 16.5. The summed E-state index contributed by atoms with van der Waals surface area (Å²) in [5, 5.41) is 3.27. The molecule has 25 heavy (non-hydrogen) atoms. The van der Waals surface area contributed by atoms with Crippen molar-refractivity contribution in [1.29, 1.82) is 0 Å². The summed E-state index contributed by atoms with van der Waals surface area (Å²) in [6.07, 6.45) is 1.58. The summed E-state index contributed by atoms with van der Waals surface area (Å²) >= 11 is 0. The summed E-state index contributed by atoms with van der Waals surface area (Å²) in [4.78, 5) is 10.8. The summed E-state index contributed by atoms with van der Waals surface area (Å²) in [6, 6.07) is 9.59. The standard InChI is InChI=1S/C18H24N4O3/c1-2-24-15-3-5-16(6-4-15)25-10-7-19-17-13-18(21-14-20-17)22-8-11-23-12-9-22/h3-6,13-14H,2,7-12H2,1H3,(H,19,20,21). The van der Waals surface area contributed by atoms with Crippen LogP contribution in [0.4, 0.5) is 11.6 Å². The van der Waals surface area contributed by atoms with E-state index in [0.29, 0.717) is 19.8 Å². The number of nitrogens with zero attached hydrogens (tertiary/aromatic N) is 3. The van der Waals surface area contributed by atoms with Gasteiger partial charge >= 0.3 is 0 Å². The van der Waals surface area contributed by atoms with E-state index >= 15 is 0 Å². The van der Waals surface area contributed by atoms with Crippen LogP contribution >= 0.6 is 0 Å². The van der Waals surface area contributed by atoms with Gasteiger partial charge in [0, 0.05) is 19.2 Å². The van der Waals surface area contributed by atoms with Crippen LogP contribution in [0.3, 0.4) is 0 Å². The molecule has 0 unspecified atom stereocenters. The SMILES string of the molecule is CCOc1ccc(OCCNc2cc(N3CCOCC3)ncn2)cc1. The normalized spacial score (nSPS) is 14.2. The van der Waals surface area contributed by atoms with Crippen LogP contribution in [0.1, 0.15) is 6.92 Å². The van der Waals surface area contributed by atoms with Gasteiger partial charge < -0.3 is 24.4 Å². The summed E-state index contributed by atoms with van der Waals surface area (Å²) in [5.41, 5.74) is 0. The van der Waals surface area contributed by atoms with Gasteiger partial charge in [-0.15, -0.1) is 0 Å². The van der Waals surface area contributed by atoms with Crippen LogP contribution in [0.5, 0.6) is 11.5 Å². The Balaban J connectivity index is 1.44. The van der Waals surface area contributed by atoms with Gasteiger partial charge in [-0.05, 0) is 31.2 Å². The molecule has 3 rings (SSSR count). The van der Waals surface area contributed by atoms with E-state index in [0.717, 1.165) is 49.4 Å². The first kappa shape index (κ1) is 17.3. The second-order valence-corrected chi connectivity index (χ2v) is 5.54. The van der Waals surface area contributed by atoms with Crippen LogP contribution < -0.4 is 19.7 Å². The van der Waals surface area contributed by atoms with E-state index in [1.165, 1.54) is 0 Å². The fourth-order valence-corrected chi connectivity index (χ4v) is 2.56. The van der Waals surface area contributed by atoms with Crippen LogP contribution in [0.25, 0.3) is 0 Å². The largest absolute Gasteiger partial charge is 0.494 e. The molecule has 2 heterocycles. The summed E-state index contributed by atoms with van der Waals surface area (Å²) in [5.74, 6) is 3.39. The first-order chi connectivity index (χ1) is 12.3. The molecule has 0 saturated carbocycles. The molecule has 0 bridgehead atoms. The molecule has 0 amide bonds. The van der Waals surface area contributed by atoms with Gasteiger partial charge in [-0.1, -0.05) is 0 Å². The number of ether oxygens (including phenoxy) is 3. The Kier molecular flexibility index (Phi) is 6.28. The summed E-state index contributed by atoms with van der Waals surface area (Å²) in [6.45, 7) is 7.03. The molecule has 0 atom stereocenters. The second kappa shape index (κ2) is 9.08. The zero-order valence-electron chi connectivity index (χ0n) is 14.5. The fraction of sp³-hybridized carbons (Fsp3) is 0.444. The quantitative estimate of drug-likeness (QED) is 0.736. The number of hydrogen-bond acceptors (Lipinski definition) is 7. The average molecular weight is 344 g/mol. The van der Waals surface area contributed by atoms with Gasteiger partial charge in [0.1, 0.15) is 36.1 Å². The van der Waals surface area contributed by atoms with E-state index in [2.05, 4.69) is 20.2 Å². The van der Waals surface area contributed by atoms with Crippen molar-refractivity contribution in [2.75, 3.05) is 56.3 Å². The average Bonchev–Trinajstić information content (AvgIpc) is 2.68. The maximum absolute atomic E-state index is 5.72. The number of aromatic nitrogens is 2. The van der Waals surface area contributed by atoms with Crippen LogP contribution in [-0.2, 0) is 4.74 Å². The van der Waals surface area contributed by atoms with Crippen molar-refractivity contribution in [3.05, 3.63) is 36.7 Å². The lowest BCUT2D eigenvalue weighted by molar-refractivity contribution is 0.122. The van der Waals surface area contributed by atoms with Gasteiger partial charge in [0.15, 0.2) is 0 Å². The van der Waals surface area contributed by atoms with Gasteiger partial charge in [-0.3, -0.25) is 0 Å². The molecule has 0 aliphatic carbocycles. The molecule has 0 spiro atoms. The Morgan fingerprint density at radius 3 is 2.52 bits per heavy atom. The fourth-order valence-electron chi connectivity index (χ4n) is 2.56. The van der Waals surface area contributed by atoms with Crippen molar-refractivity contribution >= 4 is 11.6 Å². The highest BCUT2D eigenvalue weighted by Crippen LogP contribution is 2.18. The van der Waals surface area contributed by atoms with Crippen LogP contribution in [0.15, 0.2) is 36.7 Å². The third-order valence-electron chi connectivity index (χ3n) is 3.80. The second-order valence-electron chi connectivity index (χ2n) is 5.54. The van der Waals surface area contributed by atoms with Gasteiger partial charge in [0.25, 0.3) is 0 Å². The molecule has 0 radical (unpaired) electrons.